The molecule has 0 radical (unpaired) electrons. The summed E-state index contributed by atoms with van der Waals surface area (Å²) in [7, 11) is 0. The molecule has 6 nitrogen and oxygen atoms in total. The maximum atomic E-state index is 10.4. The third-order valence-electron chi connectivity index (χ3n) is 2.41. The SMILES string of the molecule is CCc1nc(Cn2cc(CCC(=O)O)nn2)cs1. The molecule has 18 heavy (non-hydrogen) atoms. The summed E-state index contributed by atoms with van der Waals surface area (Å²) in [5.41, 5.74) is 1.66. The van der Waals surface area contributed by atoms with Crippen LogP contribution in [0.1, 0.15) is 29.7 Å². The van der Waals surface area contributed by atoms with E-state index in [1.54, 1.807) is 22.2 Å². The third-order valence-corrected chi connectivity index (χ3v) is 3.45. The van der Waals surface area contributed by atoms with Gasteiger partial charge in [-0.1, -0.05) is 12.1 Å². The Hall–Kier alpha value is -1.76. The molecule has 0 aromatic carbocycles. The third kappa shape index (κ3) is 3.36. The van der Waals surface area contributed by atoms with E-state index in [4.69, 9.17) is 5.11 Å². The standard InChI is InChI=1S/C11H14N4O2S/c1-2-10-12-9(7-18-10)6-15-5-8(13-14-15)3-4-11(16)17/h5,7H,2-4,6H2,1H3,(H,16,17). The molecule has 2 rings (SSSR count). The lowest BCUT2D eigenvalue weighted by Gasteiger charge is -1.95. The van der Waals surface area contributed by atoms with Gasteiger partial charge in [0, 0.05) is 18.0 Å². The predicted molar refractivity (Wildman–Crippen MR) is 66.6 cm³/mol. The fourth-order valence-electron chi connectivity index (χ4n) is 1.52. The van der Waals surface area contributed by atoms with E-state index in [1.165, 1.54) is 0 Å². The lowest BCUT2D eigenvalue weighted by atomic mass is 10.2. The van der Waals surface area contributed by atoms with Gasteiger partial charge in [-0.25, -0.2) is 9.67 Å². The van der Waals surface area contributed by atoms with E-state index in [-0.39, 0.29) is 6.42 Å². The first-order valence-electron chi connectivity index (χ1n) is 5.71. The fraction of sp³-hybridized carbons (Fsp3) is 0.455. The van der Waals surface area contributed by atoms with Crippen molar-refractivity contribution in [2.45, 2.75) is 32.7 Å². The highest BCUT2D eigenvalue weighted by Gasteiger charge is 2.06. The van der Waals surface area contributed by atoms with Crippen LogP contribution < -0.4 is 0 Å². The molecule has 0 saturated carbocycles. The Bertz CT molecular complexity index is 535. The number of rotatable bonds is 6. The molecular formula is C11H14N4O2S. The quantitative estimate of drug-likeness (QED) is 0.853. The van der Waals surface area contributed by atoms with Crippen LogP contribution >= 0.6 is 11.3 Å². The van der Waals surface area contributed by atoms with Gasteiger partial charge in [-0.05, 0) is 6.42 Å². The van der Waals surface area contributed by atoms with Crippen molar-refractivity contribution in [3.8, 4) is 0 Å². The summed E-state index contributed by atoms with van der Waals surface area (Å²) < 4.78 is 1.69. The Kier molecular flexibility index (Phi) is 4.03. The summed E-state index contributed by atoms with van der Waals surface area (Å²) in [4.78, 5) is 14.9. The van der Waals surface area contributed by atoms with E-state index < -0.39 is 5.97 Å². The Balaban J connectivity index is 1.95. The van der Waals surface area contributed by atoms with Crippen LogP contribution in [-0.2, 0) is 24.2 Å². The second kappa shape index (κ2) is 5.72. The first-order valence-corrected chi connectivity index (χ1v) is 6.59. The zero-order chi connectivity index (χ0) is 13.0. The highest BCUT2D eigenvalue weighted by molar-refractivity contribution is 7.09. The summed E-state index contributed by atoms with van der Waals surface area (Å²) in [5, 5.41) is 19.6. The highest BCUT2D eigenvalue weighted by Crippen LogP contribution is 2.11. The monoisotopic (exact) mass is 266 g/mol. The number of carboxylic acids is 1. The Morgan fingerprint density at radius 1 is 1.50 bits per heavy atom. The van der Waals surface area contributed by atoms with Gasteiger partial charge in [-0.3, -0.25) is 4.79 Å². The lowest BCUT2D eigenvalue weighted by molar-refractivity contribution is -0.136. The smallest absolute Gasteiger partial charge is 0.303 e. The summed E-state index contributed by atoms with van der Waals surface area (Å²) >= 11 is 1.64. The molecule has 1 N–H and O–H groups in total. The van der Waals surface area contributed by atoms with Gasteiger partial charge in [0.1, 0.15) is 0 Å². The molecule has 96 valence electrons. The number of aryl methyl sites for hydroxylation is 2. The van der Waals surface area contributed by atoms with Crippen molar-refractivity contribution < 1.29 is 9.90 Å². The molecule has 0 fully saturated rings. The number of thiazole rings is 1. The van der Waals surface area contributed by atoms with E-state index >= 15 is 0 Å². The van der Waals surface area contributed by atoms with Crippen LogP contribution in [0.5, 0.6) is 0 Å². The van der Waals surface area contributed by atoms with Crippen molar-refractivity contribution in [2.24, 2.45) is 0 Å². The second-order valence-electron chi connectivity index (χ2n) is 3.89. The number of carboxylic acid groups (broad SMARTS) is 1. The van der Waals surface area contributed by atoms with Gasteiger partial charge in [0.05, 0.1) is 29.4 Å². The van der Waals surface area contributed by atoms with E-state index in [9.17, 15) is 4.79 Å². The van der Waals surface area contributed by atoms with Crippen LogP contribution in [0, 0.1) is 0 Å². The van der Waals surface area contributed by atoms with Gasteiger partial charge in [0.25, 0.3) is 0 Å². The molecule has 7 heteroatoms. The second-order valence-corrected chi connectivity index (χ2v) is 4.83. The Morgan fingerprint density at radius 3 is 3.00 bits per heavy atom. The predicted octanol–water partition coefficient (Wildman–Crippen LogP) is 1.36. The van der Waals surface area contributed by atoms with Crippen LogP contribution in [-0.4, -0.2) is 31.1 Å². The molecule has 0 aliphatic rings. The summed E-state index contributed by atoms with van der Waals surface area (Å²) in [6.07, 6.45) is 3.20. The van der Waals surface area contributed by atoms with Crippen molar-refractivity contribution in [3.63, 3.8) is 0 Å². The minimum atomic E-state index is -0.823. The molecule has 0 amide bonds. The zero-order valence-electron chi connectivity index (χ0n) is 10.0. The van der Waals surface area contributed by atoms with Crippen LogP contribution in [0.25, 0.3) is 0 Å². The molecule has 2 aromatic heterocycles. The molecule has 0 bridgehead atoms. The first kappa shape index (κ1) is 12.7. The average Bonchev–Trinajstić information content (AvgIpc) is 2.96. The lowest BCUT2D eigenvalue weighted by Crippen LogP contribution is -2.01. The minimum Gasteiger partial charge on any atom is -0.481 e. The topological polar surface area (TPSA) is 80.9 Å². The van der Waals surface area contributed by atoms with Crippen molar-refractivity contribution in [2.75, 3.05) is 0 Å². The highest BCUT2D eigenvalue weighted by atomic mass is 32.1. The van der Waals surface area contributed by atoms with Gasteiger partial charge in [0.15, 0.2) is 0 Å². The maximum absolute atomic E-state index is 10.4. The first-order chi connectivity index (χ1) is 8.67. The fourth-order valence-corrected chi connectivity index (χ4v) is 2.25. The molecule has 0 aliphatic carbocycles. The molecule has 0 aliphatic heterocycles. The molecule has 0 saturated heterocycles. The van der Waals surface area contributed by atoms with Gasteiger partial charge in [-0.2, -0.15) is 0 Å². The largest absolute Gasteiger partial charge is 0.481 e. The van der Waals surface area contributed by atoms with Crippen molar-refractivity contribution >= 4 is 17.3 Å². The molecular weight excluding hydrogens is 252 g/mol. The van der Waals surface area contributed by atoms with Gasteiger partial charge < -0.3 is 5.11 Å². The number of hydrogen-bond acceptors (Lipinski definition) is 5. The molecule has 2 aromatic rings. The van der Waals surface area contributed by atoms with Crippen LogP contribution in [0.3, 0.4) is 0 Å². The zero-order valence-corrected chi connectivity index (χ0v) is 10.9. The van der Waals surface area contributed by atoms with Gasteiger partial charge >= 0.3 is 5.97 Å². The van der Waals surface area contributed by atoms with Crippen molar-refractivity contribution in [3.05, 3.63) is 28.0 Å². The normalized spacial score (nSPS) is 10.7. The van der Waals surface area contributed by atoms with Crippen LogP contribution in [0.4, 0.5) is 0 Å². The maximum Gasteiger partial charge on any atom is 0.303 e. The Morgan fingerprint density at radius 2 is 2.33 bits per heavy atom. The molecule has 0 atom stereocenters. The number of hydrogen-bond donors (Lipinski definition) is 1. The summed E-state index contributed by atoms with van der Waals surface area (Å²) in [6.45, 7) is 2.65. The molecule has 0 spiro atoms. The Labute approximate surface area is 108 Å². The number of aliphatic carboxylic acids is 1. The molecule has 2 heterocycles. The van der Waals surface area contributed by atoms with Crippen molar-refractivity contribution in [1.82, 2.24) is 20.0 Å². The van der Waals surface area contributed by atoms with E-state index in [1.807, 2.05) is 5.38 Å². The minimum absolute atomic E-state index is 0.0787. The van der Waals surface area contributed by atoms with Gasteiger partial charge in [0.2, 0.25) is 0 Å². The van der Waals surface area contributed by atoms with Crippen LogP contribution in [0.2, 0.25) is 0 Å². The summed E-state index contributed by atoms with van der Waals surface area (Å²) in [6, 6.07) is 0. The average molecular weight is 266 g/mol. The van der Waals surface area contributed by atoms with E-state index in [0.717, 1.165) is 17.1 Å². The number of nitrogens with zero attached hydrogens (tertiary/aromatic N) is 4. The van der Waals surface area contributed by atoms with Crippen molar-refractivity contribution in [1.29, 1.82) is 0 Å². The van der Waals surface area contributed by atoms with E-state index in [2.05, 4.69) is 22.2 Å². The van der Waals surface area contributed by atoms with E-state index in [0.29, 0.717) is 18.7 Å². The molecule has 0 unspecified atom stereocenters. The number of aromatic nitrogens is 4. The van der Waals surface area contributed by atoms with Gasteiger partial charge in [-0.15, -0.1) is 16.4 Å². The summed E-state index contributed by atoms with van der Waals surface area (Å²) in [5.74, 6) is -0.823. The number of carbonyl (C=O) groups is 1. The van der Waals surface area contributed by atoms with Crippen LogP contribution in [0.15, 0.2) is 11.6 Å².